The van der Waals surface area contributed by atoms with E-state index < -0.39 is 0 Å². The average Bonchev–Trinajstić information content (AvgIpc) is 2.54. The maximum absolute atomic E-state index is 12.9. The van der Waals surface area contributed by atoms with Gasteiger partial charge in [0.05, 0.1) is 10.8 Å². The summed E-state index contributed by atoms with van der Waals surface area (Å²) >= 11 is 1.74. The van der Waals surface area contributed by atoms with Gasteiger partial charge in [0, 0.05) is 23.3 Å². The normalized spacial score (nSPS) is 21.8. The molecule has 2 nitrogen and oxygen atoms in total. The second-order valence-corrected chi connectivity index (χ2v) is 8.41. The van der Waals surface area contributed by atoms with Gasteiger partial charge < -0.3 is 4.74 Å². The lowest BCUT2D eigenvalue weighted by atomic mass is 9.74. The number of allylic oxidation sites excluding steroid dienone is 1. The van der Waals surface area contributed by atoms with Gasteiger partial charge in [-0.3, -0.25) is 4.79 Å². The van der Waals surface area contributed by atoms with Crippen LogP contribution in [0.2, 0.25) is 0 Å². The smallest absolute Gasteiger partial charge is 0.164 e. The summed E-state index contributed by atoms with van der Waals surface area (Å²) in [5, 5.41) is 0.0101. The SMILES string of the molecule is CC1(C)CC(=O)C2=C(C1)Oc1ccccc1C2Sc1ccccc1. The van der Waals surface area contributed by atoms with E-state index in [2.05, 4.69) is 32.0 Å². The predicted octanol–water partition coefficient (Wildman–Crippen LogP) is 5.56. The van der Waals surface area contributed by atoms with E-state index >= 15 is 0 Å². The van der Waals surface area contributed by atoms with Crippen LogP contribution in [0.3, 0.4) is 0 Å². The Morgan fingerprint density at radius 3 is 2.50 bits per heavy atom. The summed E-state index contributed by atoms with van der Waals surface area (Å²) in [5.41, 5.74) is 1.92. The van der Waals surface area contributed by atoms with Gasteiger partial charge in [-0.05, 0) is 23.6 Å². The summed E-state index contributed by atoms with van der Waals surface area (Å²) in [6.07, 6.45) is 1.40. The van der Waals surface area contributed by atoms with Crippen molar-refractivity contribution < 1.29 is 9.53 Å². The number of rotatable bonds is 2. The topological polar surface area (TPSA) is 26.3 Å². The third kappa shape index (κ3) is 2.78. The van der Waals surface area contributed by atoms with Gasteiger partial charge in [-0.2, -0.15) is 0 Å². The van der Waals surface area contributed by atoms with E-state index in [-0.39, 0.29) is 16.4 Å². The number of ether oxygens (including phenoxy) is 1. The van der Waals surface area contributed by atoms with E-state index in [4.69, 9.17) is 4.74 Å². The number of fused-ring (bicyclic) bond motifs is 1. The summed E-state index contributed by atoms with van der Waals surface area (Å²) in [7, 11) is 0. The minimum absolute atomic E-state index is 0.0101. The minimum atomic E-state index is -0.0375. The number of hydrogen-bond donors (Lipinski definition) is 0. The van der Waals surface area contributed by atoms with Crippen LogP contribution < -0.4 is 4.74 Å². The first kappa shape index (κ1) is 15.5. The molecule has 2 aliphatic rings. The standard InChI is InChI=1S/C21H20O2S/c1-21(2)12-16(22)19-18(13-21)23-17-11-7-6-10-15(17)20(19)24-14-8-4-3-5-9-14/h3-11,20H,12-13H2,1-2H3. The first-order valence-corrected chi connectivity index (χ1v) is 9.16. The molecule has 0 saturated heterocycles. The first-order valence-electron chi connectivity index (χ1n) is 8.28. The highest BCUT2D eigenvalue weighted by molar-refractivity contribution is 7.99. The molecule has 1 atom stereocenters. The number of hydrogen-bond acceptors (Lipinski definition) is 3. The van der Waals surface area contributed by atoms with Gasteiger partial charge in [-0.15, -0.1) is 11.8 Å². The zero-order valence-electron chi connectivity index (χ0n) is 13.9. The van der Waals surface area contributed by atoms with Crippen LogP contribution in [0.25, 0.3) is 0 Å². The first-order chi connectivity index (χ1) is 11.5. The molecular weight excluding hydrogens is 316 g/mol. The molecule has 1 heterocycles. The zero-order valence-corrected chi connectivity index (χ0v) is 14.7. The molecule has 0 amide bonds. The number of carbonyl (C=O) groups is 1. The highest BCUT2D eigenvalue weighted by atomic mass is 32.2. The van der Waals surface area contributed by atoms with Crippen molar-refractivity contribution in [1.29, 1.82) is 0 Å². The van der Waals surface area contributed by atoms with Gasteiger partial charge >= 0.3 is 0 Å². The molecular formula is C21H20O2S. The van der Waals surface area contributed by atoms with E-state index in [1.807, 2.05) is 36.4 Å². The number of benzene rings is 2. The number of para-hydroxylation sites is 1. The van der Waals surface area contributed by atoms with Gasteiger partial charge in [-0.1, -0.05) is 50.2 Å². The Morgan fingerprint density at radius 1 is 1.00 bits per heavy atom. The lowest BCUT2D eigenvalue weighted by Gasteiger charge is -2.37. The van der Waals surface area contributed by atoms with Crippen molar-refractivity contribution >= 4 is 17.5 Å². The van der Waals surface area contributed by atoms with Crippen molar-refractivity contribution in [2.45, 2.75) is 36.8 Å². The van der Waals surface area contributed by atoms with Crippen LogP contribution in [-0.4, -0.2) is 5.78 Å². The lowest BCUT2D eigenvalue weighted by molar-refractivity contribution is -0.118. The highest BCUT2D eigenvalue weighted by Gasteiger charge is 2.41. The fourth-order valence-electron chi connectivity index (χ4n) is 3.50. The predicted molar refractivity (Wildman–Crippen MR) is 97.2 cm³/mol. The minimum Gasteiger partial charge on any atom is -0.461 e. The Balaban J connectivity index is 1.81. The van der Waals surface area contributed by atoms with Gasteiger partial charge in [0.15, 0.2) is 5.78 Å². The van der Waals surface area contributed by atoms with Crippen molar-refractivity contribution in [2.75, 3.05) is 0 Å². The molecule has 2 aromatic rings. The van der Waals surface area contributed by atoms with E-state index in [1.54, 1.807) is 11.8 Å². The fourth-order valence-corrected chi connectivity index (χ4v) is 4.79. The Morgan fingerprint density at radius 2 is 1.71 bits per heavy atom. The van der Waals surface area contributed by atoms with Gasteiger partial charge in [-0.25, -0.2) is 0 Å². The van der Waals surface area contributed by atoms with Crippen molar-refractivity contribution in [3.05, 3.63) is 71.5 Å². The maximum atomic E-state index is 12.9. The van der Waals surface area contributed by atoms with E-state index in [9.17, 15) is 4.79 Å². The molecule has 0 spiro atoms. The highest BCUT2D eigenvalue weighted by Crippen LogP contribution is 2.53. The third-order valence-corrected chi connectivity index (χ3v) is 5.84. The van der Waals surface area contributed by atoms with Crippen LogP contribution in [-0.2, 0) is 4.79 Å². The van der Waals surface area contributed by atoms with E-state index in [0.29, 0.717) is 6.42 Å². The Kier molecular flexibility index (Phi) is 3.76. The Hall–Kier alpha value is -2.00. The Labute approximate surface area is 146 Å². The fraction of sp³-hybridized carbons (Fsp3) is 0.286. The molecule has 1 unspecified atom stereocenters. The number of ketones is 1. The molecule has 4 rings (SSSR count). The van der Waals surface area contributed by atoms with E-state index in [0.717, 1.165) is 29.1 Å². The van der Waals surface area contributed by atoms with E-state index in [1.165, 1.54) is 4.90 Å². The largest absolute Gasteiger partial charge is 0.461 e. The molecule has 0 radical (unpaired) electrons. The van der Waals surface area contributed by atoms with Crippen molar-refractivity contribution in [1.82, 2.24) is 0 Å². The molecule has 0 aromatic heterocycles. The van der Waals surface area contributed by atoms with Crippen molar-refractivity contribution in [3.63, 3.8) is 0 Å². The molecule has 1 aliphatic heterocycles. The molecule has 0 saturated carbocycles. The second kappa shape index (κ2) is 5.82. The van der Waals surface area contributed by atoms with Crippen LogP contribution in [0.1, 0.15) is 37.5 Å². The lowest BCUT2D eigenvalue weighted by Crippen LogP contribution is -2.31. The zero-order chi connectivity index (χ0) is 16.7. The summed E-state index contributed by atoms with van der Waals surface area (Å²) in [4.78, 5) is 14.1. The third-order valence-electron chi connectivity index (χ3n) is 4.57. The van der Waals surface area contributed by atoms with Gasteiger partial charge in [0.25, 0.3) is 0 Å². The second-order valence-electron chi connectivity index (χ2n) is 7.23. The quantitative estimate of drug-likeness (QED) is 0.718. The van der Waals surface area contributed by atoms with Crippen LogP contribution in [0.4, 0.5) is 0 Å². The van der Waals surface area contributed by atoms with Crippen LogP contribution in [0, 0.1) is 5.41 Å². The molecule has 2 aromatic carbocycles. The van der Waals surface area contributed by atoms with Crippen molar-refractivity contribution in [2.24, 2.45) is 5.41 Å². The Bertz CT molecular complexity index is 821. The number of thioether (sulfide) groups is 1. The number of Topliss-reactive ketones (excluding diaryl/α,β-unsaturated/α-hetero) is 1. The van der Waals surface area contributed by atoms with Gasteiger partial charge in [0.2, 0.25) is 0 Å². The summed E-state index contributed by atoms with van der Waals surface area (Å²) in [5.74, 6) is 1.97. The summed E-state index contributed by atoms with van der Waals surface area (Å²) < 4.78 is 6.16. The molecule has 122 valence electrons. The molecule has 0 bridgehead atoms. The average molecular weight is 336 g/mol. The molecule has 24 heavy (non-hydrogen) atoms. The van der Waals surface area contributed by atoms with Gasteiger partial charge in [0.1, 0.15) is 11.5 Å². The molecule has 3 heteroatoms. The molecule has 0 fully saturated rings. The summed E-state index contributed by atoms with van der Waals surface area (Å²) in [6, 6.07) is 18.4. The van der Waals surface area contributed by atoms with Crippen molar-refractivity contribution in [3.8, 4) is 5.75 Å². The van der Waals surface area contributed by atoms with Crippen LogP contribution >= 0.6 is 11.8 Å². The monoisotopic (exact) mass is 336 g/mol. The molecule has 0 N–H and O–H groups in total. The number of carbonyl (C=O) groups excluding carboxylic acids is 1. The summed E-state index contributed by atoms with van der Waals surface area (Å²) in [6.45, 7) is 4.27. The van der Waals surface area contributed by atoms with Crippen LogP contribution in [0.15, 0.2) is 70.8 Å². The van der Waals surface area contributed by atoms with Crippen LogP contribution in [0.5, 0.6) is 5.75 Å². The molecule has 1 aliphatic carbocycles. The maximum Gasteiger partial charge on any atom is 0.164 e.